The Balaban J connectivity index is 1.71. The Kier molecular flexibility index (Phi) is 5.15. The van der Waals surface area contributed by atoms with Gasteiger partial charge in [-0.25, -0.2) is 4.98 Å². The molecule has 0 aliphatic carbocycles. The molecule has 0 radical (unpaired) electrons. The van der Waals surface area contributed by atoms with Gasteiger partial charge in [-0.1, -0.05) is 0 Å². The minimum Gasteiger partial charge on any atom is -0.347 e. The molecule has 19 heavy (non-hydrogen) atoms. The molecule has 0 saturated carbocycles. The van der Waals surface area contributed by atoms with Crippen molar-refractivity contribution in [1.82, 2.24) is 14.9 Å². The van der Waals surface area contributed by atoms with E-state index < -0.39 is 0 Å². The molecule has 2 aromatic heterocycles. The van der Waals surface area contributed by atoms with Crippen LogP contribution in [0.2, 0.25) is 0 Å². The van der Waals surface area contributed by atoms with Crippen molar-refractivity contribution in [3.8, 4) is 0 Å². The fourth-order valence-corrected chi connectivity index (χ4v) is 3.31. The molecule has 0 unspecified atom stereocenters. The number of rotatable bonds is 6. The largest absolute Gasteiger partial charge is 0.347 e. The number of halogens is 1. The predicted molar refractivity (Wildman–Crippen MR) is 80.0 cm³/mol. The first-order valence-corrected chi connectivity index (χ1v) is 7.72. The lowest BCUT2D eigenvalue weighted by molar-refractivity contribution is -0.130. The number of aromatic nitrogens is 2. The molecular formula is C13H16BrN3OS. The molecule has 0 aliphatic rings. The highest BCUT2D eigenvalue weighted by Gasteiger charge is 2.10. The van der Waals surface area contributed by atoms with Gasteiger partial charge >= 0.3 is 0 Å². The number of aromatic amines is 1. The topological polar surface area (TPSA) is 49.0 Å². The summed E-state index contributed by atoms with van der Waals surface area (Å²) >= 11 is 5.17. The molecule has 2 rings (SSSR count). The number of amides is 1. The smallest absolute Gasteiger partial charge is 0.222 e. The fraction of sp³-hybridized carbons (Fsp3) is 0.385. The van der Waals surface area contributed by atoms with E-state index >= 15 is 0 Å². The Morgan fingerprint density at radius 2 is 2.37 bits per heavy atom. The van der Waals surface area contributed by atoms with E-state index in [1.165, 1.54) is 4.88 Å². The molecule has 2 heterocycles. The van der Waals surface area contributed by atoms with Crippen LogP contribution in [0.5, 0.6) is 0 Å². The first kappa shape index (κ1) is 14.3. The molecule has 2 aromatic rings. The van der Waals surface area contributed by atoms with Crippen molar-refractivity contribution in [1.29, 1.82) is 0 Å². The second-order valence-corrected chi connectivity index (χ2v) is 6.89. The van der Waals surface area contributed by atoms with Gasteiger partial charge in [0.2, 0.25) is 5.91 Å². The lowest BCUT2D eigenvalue weighted by Crippen LogP contribution is -2.26. The van der Waals surface area contributed by atoms with E-state index in [-0.39, 0.29) is 5.91 Å². The molecule has 0 bridgehead atoms. The number of nitrogens with zero attached hydrogens (tertiary/aromatic N) is 2. The zero-order valence-electron chi connectivity index (χ0n) is 10.7. The van der Waals surface area contributed by atoms with Crippen LogP contribution >= 0.6 is 27.3 Å². The quantitative estimate of drug-likeness (QED) is 0.876. The van der Waals surface area contributed by atoms with Crippen LogP contribution in [0.4, 0.5) is 0 Å². The maximum absolute atomic E-state index is 11.9. The second-order valence-electron chi connectivity index (χ2n) is 4.35. The van der Waals surface area contributed by atoms with Crippen LogP contribution in [-0.4, -0.2) is 27.8 Å². The highest BCUT2D eigenvalue weighted by molar-refractivity contribution is 9.11. The van der Waals surface area contributed by atoms with Crippen LogP contribution in [0.1, 0.15) is 23.5 Å². The third-order valence-electron chi connectivity index (χ3n) is 2.81. The summed E-state index contributed by atoms with van der Waals surface area (Å²) in [5.41, 5.74) is 0. The number of H-pyrrole nitrogens is 1. The van der Waals surface area contributed by atoms with Crippen molar-refractivity contribution in [3.63, 3.8) is 0 Å². The summed E-state index contributed by atoms with van der Waals surface area (Å²) in [6.45, 7) is 0.538. The summed E-state index contributed by atoms with van der Waals surface area (Å²) in [6, 6.07) is 4.15. The molecule has 1 N–H and O–H groups in total. The Hall–Kier alpha value is -1.14. The molecule has 6 heteroatoms. The summed E-state index contributed by atoms with van der Waals surface area (Å²) in [5, 5.41) is 0. The van der Waals surface area contributed by atoms with Gasteiger partial charge in [0.05, 0.1) is 10.3 Å². The van der Waals surface area contributed by atoms with Gasteiger partial charge in [-0.05, 0) is 40.9 Å². The number of carbonyl (C=O) groups is 1. The summed E-state index contributed by atoms with van der Waals surface area (Å²) in [6.07, 6.45) is 5.88. The van der Waals surface area contributed by atoms with E-state index in [1.807, 2.05) is 13.1 Å². The highest BCUT2D eigenvalue weighted by atomic mass is 79.9. The van der Waals surface area contributed by atoms with Gasteiger partial charge in [-0.3, -0.25) is 4.79 Å². The van der Waals surface area contributed by atoms with E-state index in [4.69, 9.17) is 0 Å². The van der Waals surface area contributed by atoms with Gasteiger partial charge in [0.15, 0.2) is 0 Å². The lowest BCUT2D eigenvalue weighted by Gasteiger charge is -2.15. The Bertz CT molecular complexity index is 524. The number of nitrogens with one attached hydrogen (secondary N) is 1. The van der Waals surface area contributed by atoms with Crippen molar-refractivity contribution < 1.29 is 4.79 Å². The zero-order chi connectivity index (χ0) is 13.7. The standard InChI is InChI=1S/C13H16BrN3OS/c1-17(9-12-15-7-8-16-12)13(18)4-2-3-10-5-6-11(14)19-10/h5-8H,2-4,9H2,1H3,(H,15,16). The third kappa shape index (κ3) is 4.47. The zero-order valence-corrected chi connectivity index (χ0v) is 13.1. The van der Waals surface area contributed by atoms with Crippen LogP contribution in [0.3, 0.4) is 0 Å². The van der Waals surface area contributed by atoms with E-state index in [0.29, 0.717) is 13.0 Å². The highest BCUT2D eigenvalue weighted by Crippen LogP contribution is 2.23. The van der Waals surface area contributed by atoms with Gasteiger partial charge in [-0.2, -0.15) is 0 Å². The molecule has 0 atom stereocenters. The van der Waals surface area contributed by atoms with Crippen LogP contribution in [0.25, 0.3) is 0 Å². The number of hydrogen-bond acceptors (Lipinski definition) is 3. The van der Waals surface area contributed by atoms with Crippen molar-refractivity contribution in [2.45, 2.75) is 25.8 Å². The monoisotopic (exact) mass is 341 g/mol. The van der Waals surface area contributed by atoms with Crippen LogP contribution < -0.4 is 0 Å². The van der Waals surface area contributed by atoms with Gasteiger partial charge < -0.3 is 9.88 Å². The van der Waals surface area contributed by atoms with Crippen LogP contribution in [0.15, 0.2) is 28.3 Å². The van der Waals surface area contributed by atoms with Crippen LogP contribution in [0, 0.1) is 0 Å². The number of carbonyl (C=O) groups excluding carboxylic acids is 1. The molecule has 0 fully saturated rings. The number of thiophene rings is 1. The van der Waals surface area contributed by atoms with E-state index in [1.54, 1.807) is 28.6 Å². The summed E-state index contributed by atoms with van der Waals surface area (Å²) < 4.78 is 1.14. The Morgan fingerprint density at radius 1 is 1.53 bits per heavy atom. The summed E-state index contributed by atoms with van der Waals surface area (Å²) in [5.74, 6) is 0.977. The minimum atomic E-state index is 0.159. The van der Waals surface area contributed by atoms with E-state index in [0.717, 1.165) is 22.5 Å². The maximum Gasteiger partial charge on any atom is 0.222 e. The molecule has 102 valence electrons. The van der Waals surface area contributed by atoms with Crippen molar-refractivity contribution >= 4 is 33.2 Å². The predicted octanol–water partition coefficient (Wildman–Crippen LogP) is 3.22. The molecule has 0 aliphatic heterocycles. The Labute approximate surface area is 125 Å². The normalized spacial score (nSPS) is 10.6. The van der Waals surface area contributed by atoms with Crippen LogP contribution in [-0.2, 0) is 17.8 Å². The molecule has 0 saturated heterocycles. The lowest BCUT2D eigenvalue weighted by atomic mass is 10.2. The van der Waals surface area contributed by atoms with Gasteiger partial charge in [0, 0.05) is 30.7 Å². The number of imidazole rings is 1. The van der Waals surface area contributed by atoms with Crippen molar-refractivity contribution in [2.75, 3.05) is 7.05 Å². The molecule has 4 nitrogen and oxygen atoms in total. The molecular weight excluding hydrogens is 326 g/mol. The SMILES string of the molecule is CN(Cc1ncc[nH]1)C(=O)CCCc1ccc(Br)s1. The van der Waals surface area contributed by atoms with Gasteiger partial charge in [0.1, 0.15) is 5.82 Å². The average Bonchev–Trinajstić information content (AvgIpc) is 3.01. The van der Waals surface area contributed by atoms with E-state index in [9.17, 15) is 4.79 Å². The fourth-order valence-electron chi connectivity index (χ4n) is 1.79. The second kappa shape index (κ2) is 6.86. The maximum atomic E-state index is 11.9. The van der Waals surface area contributed by atoms with E-state index in [2.05, 4.69) is 32.0 Å². The minimum absolute atomic E-state index is 0.159. The summed E-state index contributed by atoms with van der Waals surface area (Å²) in [4.78, 5) is 22.1. The van der Waals surface area contributed by atoms with Crippen molar-refractivity contribution in [3.05, 3.63) is 39.0 Å². The molecule has 0 aromatic carbocycles. The third-order valence-corrected chi connectivity index (χ3v) is 4.49. The number of aryl methyl sites for hydroxylation is 1. The first-order valence-electron chi connectivity index (χ1n) is 6.11. The van der Waals surface area contributed by atoms with Crippen molar-refractivity contribution in [2.24, 2.45) is 0 Å². The average molecular weight is 342 g/mol. The van der Waals surface area contributed by atoms with Gasteiger partial charge in [-0.15, -0.1) is 11.3 Å². The van der Waals surface area contributed by atoms with Gasteiger partial charge in [0.25, 0.3) is 0 Å². The number of hydrogen-bond donors (Lipinski definition) is 1. The molecule has 1 amide bonds. The Morgan fingerprint density at radius 3 is 3.00 bits per heavy atom. The first-order chi connectivity index (χ1) is 9.15. The summed E-state index contributed by atoms with van der Waals surface area (Å²) in [7, 11) is 1.81. The molecule has 0 spiro atoms.